The molecule has 0 bridgehead atoms. The average molecular weight is 330 g/mol. The van der Waals surface area contributed by atoms with Gasteiger partial charge in [-0.15, -0.1) is 0 Å². The van der Waals surface area contributed by atoms with Gasteiger partial charge in [0, 0.05) is 36.7 Å². The molecule has 126 valence electrons. The quantitative estimate of drug-likeness (QED) is 0.768. The van der Waals surface area contributed by atoms with Crippen LogP contribution in [0.4, 0.5) is 5.69 Å². The van der Waals surface area contributed by atoms with Crippen molar-refractivity contribution in [2.75, 3.05) is 6.54 Å². The third-order valence-corrected chi connectivity index (χ3v) is 6.08. The van der Waals surface area contributed by atoms with Crippen molar-refractivity contribution in [2.24, 2.45) is 4.99 Å². The Bertz CT molecular complexity index is 870. The van der Waals surface area contributed by atoms with Gasteiger partial charge in [-0.25, -0.2) is 0 Å². The van der Waals surface area contributed by atoms with Gasteiger partial charge in [-0.3, -0.25) is 9.79 Å². The number of nitrogens with zero attached hydrogens (tertiary/aromatic N) is 2. The molecule has 1 amide bonds. The van der Waals surface area contributed by atoms with Gasteiger partial charge in [-0.1, -0.05) is 30.3 Å². The fourth-order valence-electron chi connectivity index (χ4n) is 4.85. The van der Waals surface area contributed by atoms with Crippen molar-refractivity contribution in [3.05, 3.63) is 64.7 Å². The number of aryl methyl sites for hydroxylation is 1. The van der Waals surface area contributed by atoms with Crippen LogP contribution < -0.4 is 0 Å². The molecular formula is C22H22N2O. The Morgan fingerprint density at radius 2 is 2.00 bits per heavy atom. The summed E-state index contributed by atoms with van der Waals surface area (Å²) in [5, 5.41) is 0. The molecule has 2 aliphatic heterocycles. The molecule has 1 aliphatic carbocycles. The molecule has 0 N–H and O–H groups in total. The summed E-state index contributed by atoms with van der Waals surface area (Å²) in [4.78, 5) is 19.8. The second kappa shape index (κ2) is 5.83. The molecule has 3 nitrogen and oxygen atoms in total. The molecule has 0 aromatic heterocycles. The summed E-state index contributed by atoms with van der Waals surface area (Å²) in [6.45, 7) is 0.877. The van der Waals surface area contributed by atoms with Gasteiger partial charge < -0.3 is 4.90 Å². The molecule has 5 rings (SSSR count). The highest BCUT2D eigenvalue weighted by Gasteiger charge is 2.38. The number of carbonyl (C=O) groups excluding carboxylic acids is 1. The summed E-state index contributed by atoms with van der Waals surface area (Å²) in [5.41, 5.74) is 5.92. The number of hydrogen-bond donors (Lipinski definition) is 0. The Morgan fingerprint density at radius 3 is 2.96 bits per heavy atom. The molecule has 3 heteroatoms. The van der Waals surface area contributed by atoms with Crippen molar-refractivity contribution in [2.45, 2.75) is 44.1 Å². The van der Waals surface area contributed by atoms with Crippen molar-refractivity contribution >= 4 is 17.8 Å². The van der Waals surface area contributed by atoms with E-state index in [1.165, 1.54) is 23.1 Å². The number of carbonyl (C=O) groups is 1. The first-order chi connectivity index (χ1) is 12.3. The van der Waals surface area contributed by atoms with E-state index in [2.05, 4.69) is 40.2 Å². The average Bonchev–Trinajstić information content (AvgIpc) is 3.14. The molecule has 2 heterocycles. The van der Waals surface area contributed by atoms with Crippen molar-refractivity contribution in [1.29, 1.82) is 0 Å². The van der Waals surface area contributed by atoms with Gasteiger partial charge in [-0.05, 0) is 54.5 Å². The summed E-state index contributed by atoms with van der Waals surface area (Å²) >= 11 is 0. The van der Waals surface area contributed by atoms with Crippen molar-refractivity contribution in [1.82, 2.24) is 4.90 Å². The Morgan fingerprint density at radius 1 is 1.08 bits per heavy atom. The summed E-state index contributed by atoms with van der Waals surface area (Å²) in [5.74, 6) is 0.675. The fraction of sp³-hybridized carbons (Fsp3) is 0.364. The van der Waals surface area contributed by atoms with Crippen LogP contribution in [0.25, 0.3) is 0 Å². The number of likely N-dealkylation sites (tertiary alicyclic amines) is 1. The maximum Gasteiger partial charge on any atom is 0.254 e. The molecule has 2 aromatic rings. The monoisotopic (exact) mass is 330 g/mol. The number of hydrogen-bond acceptors (Lipinski definition) is 2. The second-order valence-corrected chi connectivity index (χ2v) is 7.41. The van der Waals surface area contributed by atoms with Crippen LogP contribution in [0.2, 0.25) is 0 Å². The van der Waals surface area contributed by atoms with E-state index in [9.17, 15) is 4.79 Å². The zero-order valence-corrected chi connectivity index (χ0v) is 14.3. The maximum atomic E-state index is 13.2. The lowest BCUT2D eigenvalue weighted by Gasteiger charge is -2.45. The highest BCUT2D eigenvalue weighted by atomic mass is 16.2. The first-order valence-corrected chi connectivity index (χ1v) is 9.35. The Kier molecular flexibility index (Phi) is 3.47. The largest absolute Gasteiger partial charge is 0.335 e. The normalized spacial score (nSPS) is 23.8. The number of rotatable bonds is 1. The van der Waals surface area contributed by atoms with Gasteiger partial charge in [-0.2, -0.15) is 0 Å². The topological polar surface area (TPSA) is 32.7 Å². The van der Waals surface area contributed by atoms with Crippen LogP contribution in [0.1, 0.15) is 52.2 Å². The molecular weight excluding hydrogens is 308 g/mol. The zero-order chi connectivity index (χ0) is 16.8. The predicted molar refractivity (Wildman–Crippen MR) is 99.9 cm³/mol. The zero-order valence-electron chi connectivity index (χ0n) is 14.3. The highest BCUT2D eigenvalue weighted by Crippen LogP contribution is 2.41. The van der Waals surface area contributed by atoms with Gasteiger partial charge >= 0.3 is 0 Å². The van der Waals surface area contributed by atoms with E-state index in [-0.39, 0.29) is 5.91 Å². The van der Waals surface area contributed by atoms with Crippen LogP contribution in [0.15, 0.2) is 47.5 Å². The minimum atomic E-state index is 0.180. The van der Waals surface area contributed by atoms with E-state index in [1.807, 2.05) is 18.3 Å². The number of amides is 1. The molecule has 1 saturated heterocycles. The molecule has 0 saturated carbocycles. The summed E-state index contributed by atoms with van der Waals surface area (Å²) in [6, 6.07) is 15.2. The lowest BCUT2D eigenvalue weighted by molar-refractivity contribution is 0.0547. The number of benzene rings is 2. The highest BCUT2D eigenvalue weighted by molar-refractivity contribution is 5.96. The minimum Gasteiger partial charge on any atom is -0.335 e. The van der Waals surface area contributed by atoms with Gasteiger partial charge in [0.1, 0.15) is 0 Å². The SMILES string of the molecule is O=C(c1ccc2c(c1)N=CC2)N1CCCC2c3ccccc3CC[C@@H]21. The van der Waals surface area contributed by atoms with Crippen LogP contribution in [-0.2, 0) is 12.8 Å². The van der Waals surface area contributed by atoms with E-state index in [1.54, 1.807) is 0 Å². The second-order valence-electron chi connectivity index (χ2n) is 7.41. The first-order valence-electron chi connectivity index (χ1n) is 9.35. The maximum absolute atomic E-state index is 13.2. The van der Waals surface area contributed by atoms with Crippen LogP contribution in [0, 0.1) is 0 Å². The van der Waals surface area contributed by atoms with Gasteiger partial charge in [0.25, 0.3) is 5.91 Å². The van der Waals surface area contributed by atoms with Crippen molar-refractivity contribution < 1.29 is 4.79 Å². The summed E-state index contributed by atoms with van der Waals surface area (Å²) < 4.78 is 0. The molecule has 2 aromatic carbocycles. The molecule has 3 aliphatic rings. The lowest BCUT2D eigenvalue weighted by atomic mass is 9.74. The van der Waals surface area contributed by atoms with E-state index < -0.39 is 0 Å². The van der Waals surface area contributed by atoms with Crippen LogP contribution in [0.3, 0.4) is 0 Å². The van der Waals surface area contributed by atoms with Gasteiger partial charge in [0.2, 0.25) is 0 Å². The van der Waals surface area contributed by atoms with E-state index in [0.29, 0.717) is 12.0 Å². The van der Waals surface area contributed by atoms with E-state index >= 15 is 0 Å². The number of fused-ring (bicyclic) bond motifs is 4. The van der Waals surface area contributed by atoms with Gasteiger partial charge in [0.15, 0.2) is 0 Å². The molecule has 2 atom stereocenters. The molecule has 1 unspecified atom stereocenters. The Hall–Kier alpha value is -2.42. The van der Waals surface area contributed by atoms with E-state index in [0.717, 1.165) is 43.5 Å². The Balaban J connectivity index is 1.46. The standard InChI is InChI=1S/C22H22N2O/c25-22(17-8-7-16-11-12-23-20(16)14-17)24-13-3-6-19-18-5-2-1-4-15(18)9-10-21(19)24/h1-2,4-5,7-8,12,14,19,21H,3,6,9-11,13H2/t19?,21-/m0/s1. The van der Waals surface area contributed by atoms with Crippen LogP contribution >= 0.6 is 0 Å². The predicted octanol–water partition coefficient (Wildman–Crippen LogP) is 4.28. The third kappa shape index (κ3) is 2.41. The van der Waals surface area contributed by atoms with Crippen LogP contribution in [0.5, 0.6) is 0 Å². The lowest BCUT2D eigenvalue weighted by Crippen LogP contribution is -2.49. The number of piperidine rings is 1. The summed E-state index contributed by atoms with van der Waals surface area (Å²) in [6.07, 6.45) is 7.25. The third-order valence-electron chi connectivity index (χ3n) is 6.08. The fourth-order valence-corrected chi connectivity index (χ4v) is 4.85. The molecule has 1 fully saturated rings. The minimum absolute atomic E-state index is 0.180. The van der Waals surface area contributed by atoms with Crippen molar-refractivity contribution in [3.63, 3.8) is 0 Å². The molecule has 25 heavy (non-hydrogen) atoms. The van der Waals surface area contributed by atoms with Gasteiger partial charge in [0.05, 0.1) is 5.69 Å². The molecule has 0 spiro atoms. The Labute approximate surface area is 148 Å². The number of aliphatic imine (C=N–C) groups is 1. The van der Waals surface area contributed by atoms with Crippen LogP contribution in [-0.4, -0.2) is 29.6 Å². The van der Waals surface area contributed by atoms with Crippen molar-refractivity contribution in [3.8, 4) is 0 Å². The summed E-state index contributed by atoms with van der Waals surface area (Å²) in [7, 11) is 0. The molecule has 0 radical (unpaired) electrons. The smallest absolute Gasteiger partial charge is 0.254 e. The first kappa shape index (κ1) is 14.9. The van der Waals surface area contributed by atoms with E-state index in [4.69, 9.17) is 0 Å².